The Morgan fingerprint density at radius 3 is 2.65 bits per heavy atom. The van der Waals surface area contributed by atoms with Crippen LogP contribution in [0, 0.1) is 6.92 Å². The standard InChI is InChI=1S/C23H21N7O2S2/c1-15-20(22(31)30(28(15)2)17-9-5-4-6-10-17)29-23(25-26-27-29)34-14-16-13-33-21(24-16)18-11-7-8-12-19(18)32-3/h4-13H,14H2,1-3H3. The fourth-order valence-corrected chi connectivity index (χ4v) is 5.39. The summed E-state index contributed by atoms with van der Waals surface area (Å²) in [5, 5.41) is 15.5. The molecule has 11 heteroatoms. The van der Waals surface area contributed by atoms with Gasteiger partial charge in [0.15, 0.2) is 5.69 Å². The van der Waals surface area contributed by atoms with Gasteiger partial charge in [0.25, 0.3) is 5.56 Å². The molecule has 0 fully saturated rings. The van der Waals surface area contributed by atoms with E-state index < -0.39 is 0 Å². The van der Waals surface area contributed by atoms with Crippen LogP contribution in [0.2, 0.25) is 0 Å². The van der Waals surface area contributed by atoms with Crippen molar-refractivity contribution in [1.82, 2.24) is 34.6 Å². The van der Waals surface area contributed by atoms with E-state index in [0.717, 1.165) is 33.4 Å². The number of nitrogens with zero attached hydrogens (tertiary/aromatic N) is 7. The number of rotatable bonds is 7. The lowest BCUT2D eigenvalue weighted by Gasteiger charge is -2.07. The second-order valence-corrected chi connectivity index (χ2v) is 9.22. The summed E-state index contributed by atoms with van der Waals surface area (Å²) >= 11 is 2.99. The summed E-state index contributed by atoms with van der Waals surface area (Å²) in [5.41, 5.74) is 3.63. The van der Waals surface area contributed by atoms with Gasteiger partial charge in [-0.25, -0.2) is 9.67 Å². The number of hydrogen-bond donors (Lipinski definition) is 0. The minimum atomic E-state index is -0.188. The van der Waals surface area contributed by atoms with Gasteiger partial charge in [0.1, 0.15) is 10.8 Å². The molecule has 0 aliphatic heterocycles. The Kier molecular flexibility index (Phi) is 6.03. The van der Waals surface area contributed by atoms with Crippen molar-refractivity contribution < 1.29 is 4.74 Å². The summed E-state index contributed by atoms with van der Waals surface area (Å²) in [5.74, 6) is 1.35. The molecule has 0 N–H and O–H groups in total. The highest BCUT2D eigenvalue weighted by molar-refractivity contribution is 7.98. The van der Waals surface area contributed by atoms with Crippen LogP contribution in [-0.4, -0.2) is 41.7 Å². The first-order valence-corrected chi connectivity index (χ1v) is 12.3. The Hall–Kier alpha value is -3.70. The van der Waals surface area contributed by atoms with E-state index in [1.807, 2.05) is 78.6 Å². The SMILES string of the molecule is COc1ccccc1-c1nc(CSc2nnnn2-c2c(C)n(C)n(-c3ccccc3)c2=O)cs1. The topological polar surface area (TPSA) is 92.7 Å². The Morgan fingerprint density at radius 2 is 1.85 bits per heavy atom. The summed E-state index contributed by atoms with van der Waals surface area (Å²) in [6.07, 6.45) is 0. The van der Waals surface area contributed by atoms with Gasteiger partial charge in [-0.2, -0.15) is 4.68 Å². The van der Waals surface area contributed by atoms with E-state index in [9.17, 15) is 4.79 Å². The normalized spacial score (nSPS) is 11.1. The van der Waals surface area contributed by atoms with Crippen LogP contribution in [0.25, 0.3) is 21.9 Å². The van der Waals surface area contributed by atoms with Gasteiger partial charge in [0, 0.05) is 18.2 Å². The van der Waals surface area contributed by atoms with Crippen LogP contribution in [0.4, 0.5) is 0 Å². The van der Waals surface area contributed by atoms with Crippen molar-refractivity contribution in [2.45, 2.75) is 17.8 Å². The maximum atomic E-state index is 13.4. The van der Waals surface area contributed by atoms with Crippen molar-refractivity contribution in [3.63, 3.8) is 0 Å². The van der Waals surface area contributed by atoms with Crippen molar-refractivity contribution in [2.24, 2.45) is 7.05 Å². The average molecular weight is 492 g/mol. The minimum Gasteiger partial charge on any atom is -0.496 e. The third-order valence-corrected chi connectivity index (χ3v) is 7.29. The van der Waals surface area contributed by atoms with E-state index in [1.165, 1.54) is 16.4 Å². The summed E-state index contributed by atoms with van der Waals surface area (Å²) in [4.78, 5) is 18.1. The molecule has 3 aromatic heterocycles. The van der Waals surface area contributed by atoms with Crippen LogP contribution < -0.4 is 10.3 Å². The molecule has 34 heavy (non-hydrogen) atoms. The van der Waals surface area contributed by atoms with Gasteiger partial charge < -0.3 is 4.74 Å². The number of ether oxygens (including phenoxy) is 1. The lowest BCUT2D eigenvalue weighted by atomic mass is 10.2. The molecule has 172 valence electrons. The van der Waals surface area contributed by atoms with Crippen molar-refractivity contribution in [1.29, 1.82) is 0 Å². The van der Waals surface area contributed by atoms with E-state index in [2.05, 4.69) is 15.5 Å². The number of methoxy groups -OCH3 is 1. The Balaban J connectivity index is 1.42. The smallest absolute Gasteiger partial charge is 0.297 e. The van der Waals surface area contributed by atoms with Gasteiger partial charge in [0.05, 0.1) is 29.7 Å². The molecular weight excluding hydrogens is 470 g/mol. The second-order valence-electron chi connectivity index (χ2n) is 7.42. The molecule has 2 aromatic carbocycles. The largest absolute Gasteiger partial charge is 0.496 e. The highest BCUT2D eigenvalue weighted by Crippen LogP contribution is 2.33. The first kappa shape index (κ1) is 22.1. The fraction of sp³-hybridized carbons (Fsp3) is 0.174. The first-order chi connectivity index (χ1) is 16.6. The molecular formula is C23H21N7O2S2. The highest BCUT2D eigenvalue weighted by Gasteiger charge is 2.22. The maximum Gasteiger partial charge on any atom is 0.297 e. The third-order valence-electron chi connectivity index (χ3n) is 5.41. The molecule has 9 nitrogen and oxygen atoms in total. The number of tetrazole rings is 1. The van der Waals surface area contributed by atoms with Gasteiger partial charge >= 0.3 is 0 Å². The number of thioether (sulfide) groups is 1. The molecule has 0 saturated carbocycles. The van der Waals surface area contributed by atoms with E-state index in [1.54, 1.807) is 23.1 Å². The van der Waals surface area contributed by atoms with Crippen LogP contribution in [-0.2, 0) is 12.8 Å². The number of thiazole rings is 1. The van der Waals surface area contributed by atoms with E-state index in [0.29, 0.717) is 16.6 Å². The monoisotopic (exact) mass is 491 g/mol. The fourth-order valence-electron chi connectivity index (χ4n) is 3.66. The first-order valence-electron chi connectivity index (χ1n) is 10.4. The molecule has 0 saturated heterocycles. The van der Waals surface area contributed by atoms with Gasteiger partial charge in [-0.3, -0.25) is 9.48 Å². The molecule has 5 aromatic rings. The zero-order valence-electron chi connectivity index (χ0n) is 18.7. The summed E-state index contributed by atoms with van der Waals surface area (Å²) in [6.45, 7) is 1.88. The average Bonchev–Trinajstić information content (AvgIpc) is 3.57. The Labute approximate surface area is 203 Å². The quantitative estimate of drug-likeness (QED) is 0.319. The molecule has 0 bridgehead atoms. The van der Waals surface area contributed by atoms with Crippen molar-refractivity contribution in [2.75, 3.05) is 7.11 Å². The summed E-state index contributed by atoms with van der Waals surface area (Å²) in [6, 6.07) is 17.3. The molecule has 0 atom stereocenters. The molecule has 0 aliphatic carbocycles. The maximum absolute atomic E-state index is 13.4. The van der Waals surface area contributed by atoms with Gasteiger partial charge in [-0.15, -0.1) is 16.4 Å². The molecule has 0 unspecified atom stereocenters. The lowest BCUT2D eigenvalue weighted by molar-refractivity contribution is 0.416. The van der Waals surface area contributed by atoms with Crippen LogP contribution >= 0.6 is 23.1 Å². The lowest BCUT2D eigenvalue weighted by Crippen LogP contribution is -2.22. The van der Waals surface area contributed by atoms with E-state index >= 15 is 0 Å². The van der Waals surface area contributed by atoms with Crippen LogP contribution in [0.1, 0.15) is 11.4 Å². The Morgan fingerprint density at radius 1 is 1.09 bits per heavy atom. The van der Waals surface area contributed by atoms with Gasteiger partial charge in [-0.1, -0.05) is 42.1 Å². The number of hydrogen-bond acceptors (Lipinski definition) is 8. The molecule has 5 rings (SSSR count). The molecule has 0 radical (unpaired) electrons. The zero-order chi connectivity index (χ0) is 23.7. The second kappa shape index (κ2) is 9.27. The van der Waals surface area contributed by atoms with E-state index in [-0.39, 0.29) is 5.56 Å². The molecule has 3 heterocycles. The Bertz CT molecular complexity index is 1500. The minimum absolute atomic E-state index is 0.188. The van der Waals surface area contributed by atoms with Gasteiger partial charge in [-0.05, 0) is 41.6 Å². The predicted molar refractivity (Wildman–Crippen MR) is 132 cm³/mol. The summed E-state index contributed by atoms with van der Waals surface area (Å²) in [7, 11) is 3.50. The van der Waals surface area contributed by atoms with Crippen LogP contribution in [0.3, 0.4) is 0 Å². The van der Waals surface area contributed by atoms with E-state index in [4.69, 9.17) is 9.72 Å². The number of benzene rings is 2. The molecule has 0 spiro atoms. The molecule has 0 aliphatic rings. The molecule has 0 amide bonds. The van der Waals surface area contributed by atoms with Crippen molar-refractivity contribution in [3.05, 3.63) is 81.7 Å². The summed E-state index contributed by atoms with van der Waals surface area (Å²) < 4.78 is 10.4. The zero-order valence-corrected chi connectivity index (χ0v) is 20.4. The van der Waals surface area contributed by atoms with Crippen molar-refractivity contribution >= 4 is 23.1 Å². The predicted octanol–water partition coefficient (Wildman–Crippen LogP) is 3.88. The third kappa shape index (κ3) is 3.93. The highest BCUT2D eigenvalue weighted by atomic mass is 32.2. The number of para-hydroxylation sites is 2. The van der Waals surface area contributed by atoms with Crippen molar-refractivity contribution in [3.8, 4) is 27.7 Å². The van der Waals surface area contributed by atoms with Crippen LogP contribution in [0.15, 0.2) is 69.9 Å². The van der Waals surface area contributed by atoms with Gasteiger partial charge in [0.2, 0.25) is 5.16 Å². The van der Waals surface area contributed by atoms with Crippen LogP contribution in [0.5, 0.6) is 5.75 Å². The number of aromatic nitrogens is 7.